The summed E-state index contributed by atoms with van der Waals surface area (Å²) in [5, 5.41) is 0. The van der Waals surface area contributed by atoms with Crippen LogP contribution in [0.25, 0.3) is 0 Å². The second-order valence-corrected chi connectivity index (χ2v) is 5.91. The average molecular weight is 365 g/mol. The van der Waals surface area contributed by atoms with E-state index >= 15 is 0 Å². The van der Waals surface area contributed by atoms with Crippen LogP contribution in [0, 0.1) is 0 Å². The topological polar surface area (TPSA) is 45.7 Å². The Morgan fingerprint density at radius 2 is 1.69 bits per heavy atom. The lowest BCUT2D eigenvalue weighted by Gasteiger charge is -2.35. The van der Waals surface area contributed by atoms with Gasteiger partial charge in [0.15, 0.2) is 0 Å². The zero-order valence-corrected chi connectivity index (χ0v) is 14.2. The predicted molar refractivity (Wildman–Crippen MR) is 90.3 cm³/mol. The molecule has 0 saturated carbocycles. The van der Waals surface area contributed by atoms with E-state index in [1.165, 1.54) is 6.07 Å². The second-order valence-electron chi connectivity index (χ2n) is 5.91. The number of nitrogens with zero attached hydrogens (tertiary/aromatic N) is 3. The summed E-state index contributed by atoms with van der Waals surface area (Å²) in [5.41, 5.74) is -0.193. The minimum absolute atomic E-state index is 0.0762. The van der Waals surface area contributed by atoms with E-state index in [0.717, 1.165) is 12.3 Å². The molecule has 0 radical (unpaired) electrons. The van der Waals surface area contributed by atoms with E-state index in [-0.39, 0.29) is 5.91 Å². The molecule has 2 aromatic rings. The lowest BCUT2D eigenvalue weighted by molar-refractivity contribution is -0.137. The van der Waals surface area contributed by atoms with Gasteiger partial charge in [0.25, 0.3) is 5.91 Å². The molecule has 138 valence electrons. The van der Waals surface area contributed by atoms with Crippen LogP contribution in [0.5, 0.6) is 5.75 Å². The first kappa shape index (κ1) is 18.0. The fraction of sp³-hybridized carbons (Fsp3) is 0.333. The molecule has 0 spiro atoms. The Morgan fingerprint density at radius 3 is 2.19 bits per heavy atom. The number of carbonyl (C=O) groups excluding carboxylic acids is 1. The van der Waals surface area contributed by atoms with E-state index in [0.29, 0.717) is 43.3 Å². The third kappa shape index (κ3) is 3.89. The van der Waals surface area contributed by atoms with Crippen molar-refractivity contribution in [3.63, 3.8) is 0 Å². The number of methoxy groups -OCH3 is 1. The number of hydrogen-bond donors (Lipinski definition) is 0. The van der Waals surface area contributed by atoms with Gasteiger partial charge in [0.2, 0.25) is 0 Å². The van der Waals surface area contributed by atoms with Crippen LogP contribution in [0.1, 0.15) is 15.9 Å². The summed E-state index contributed by atoms with van der Waals surface area (Å²) in [6, 6.07) is 9.28. The van der Waals surface area contributed by atoms with Crippen LogP contribution in [0.15, 0.2) is 42.6 Å². The first-order valence-electron chi connectivity index (χ1n) is 8.10. The van der Waals surface area contributed by atoms with E-state index in [1.54, 1.807) is 36.3 Å². The molecular formula is C18H18F3N3O2. The number of piperazine rings is 1. The van der Waals surface area contributed by atoms with Crippen molar-refractivity contribution in [2.45, 2.75) is 6.18 Å². The molecule has 1 saturated heterocycles. The molecule has 0 unspecified atom stereocenters. The Kier molecular flexibility index (Phi) is 5.01. The van der Waals surface area contributed by atoms with Gasteiger partial charge in [-0.15, -0.1) is 0 Å². The van der Waals surface area contributed by atoms with Gasteiger partial charge in [0, 0.05) is 37.9 Å². The highest BCUT2D eigenvalue weighted by atomic mass is 19.4. The molecular weight excluding hydrogens is 347 g/mol. The van der Waals surface area contributed by atoms with Crippen LogP contribution >= 0.6 is 0 Å². The number of halogens is 3. The predicted octanol–water partition coefficient (Wildman–Crippen LogP) is 3.07. The van der Waals surface area contributed by atoms with Crippen LogP contribution < -0.4 is 9.64 Å². The van der Waals surface area contributed by atoms with Crippen molar-refractivity contribution in [3.8, 4) is 5.75 Å². The number of carbonyl (C=O) groups is 1. The van der Waals surface area contributed by atoms with Crippen molar-refractivity contribution in [1.29, 1.82) is 0 Å². The highest BCUT2D eigenvalue weighted by molar-refractivity contribution is 5.94. The summed E-state index contributed by atoms with van der Waals surface area (Å²) in [5.74, 6) is 1.09. The molecule has 2 heterocycles. The van der Waals surface area contributed by atoms with Crippen LogP contribution in [0.4, 0.5) is 19.0 Å². The molecule has 0 atom stereocenters. The number of amides is 1. The van der Waals surface area contributed by atoms with E-state index in [2.05, 4.69) is 4.98 Å². The molecule has 1 amide bonds. The molecule has 0 N–H and O–H groups in total. The summed E-state index contributed by atoms with van der Waals surface area (Å²) in [4.78, 5) is 20.0. The highest BCUT2D eigenvalue weighted by Gasteiger charge is 2.31. The molecule has 1 aliphatic heterocycles. The number of hydrogen-bond acceptors (Lipinski definition) is 4. The van der Waals surface area contributed by atoms with Gasteiger partial charge in [-0.05, 0) is 36.4 Å². The minimum atomic E-state index is -4.39. The van der Waals surface area contributed by atoms with E-state index < -0.39 is 11.7 Å². The summed E-state index contributed by atoms with van der Waals surface area (Å²) in [6.07, 6.45) is -3.56. The van der Waals surface area contributed by atoms with Gasteiger partial charge in [-0.25, -0.2) is 4.98 Å². The Balaban J connectivity index is 1.60. The van der Waals surface area contributed by atoms with E-state index in [9.17, 15) is 18.0 Å². The standard InChI is InChI=1S/C18H18F3N3O2/c1-26-15-5-2-13(3-6-15)17(25)24-10-8-23(9-11-24)16-7-4-14(12-22-16)18(19,20)21/h2-7,12H,8-11H2,1H3. The summed E-state index contributed by atoms with van der Waals surface area (Å²) >= 11 is 0. The molecule has 8 heteroatoms. The number of aromatic nitrogens is 1. The van der Waals surface area contributed by atoms with Crippen LogP contribution in [-0.2, 0) is 6.18 Å². The molecule has 5 nitrogen and oxygen atoms in total. The first-order valence-corrected chi connectivity index (χ1v) is 8.10. The normalized spacial score (nSPS) is 15.1. The van der Waals surface area contributed by atoms with Crippen LogP contribution in [0.2, 0.25) is 0 Å². The third-order valence-corrected chi connectivity index (χ3v) is 4.30. The molecule has 1 aromatic heterocycles. The van der Waals surface area contributed by atoms with Crippen molar-refractivity contribution in [3.05, 3.63) is 53.7 Å². The van der Waals surface area contributed by atoms with Crippen molar-refractivity contribution >= 4 is 11.7 Å². The molecule has 26 heavy (non-hydrogen) atoms. The number of pyridine rings is 1. The Bertz CT molecular complexity index is 753. The number of benzene rings is 1. The number of rotatable bonds is 3. The maximum Gasteiger partial charge on any atom is 0.417 e. The zero-order valence-electron chi connectivity index (χ0n) is 14.2. The van der Waals surface area contributed by atoms with Gasteiger partial charge in [-0.1, -0.05) is 0 Å². The molecule has 1 aromatic carbocycles. The maximum atomic E-state index is 12.6. The van der Waals surface area contributed by atoms with Gasteiger partial charge in [-0.3, -0.25) is 4.79 Å². The van der Waals surface area contributed by atoms with Crippen molar-refractivity contribution < 1.29 is 22.7 Å². The molecule has 3 rings (SSSR count). The molecule has 0 aliphatic carbocycles. The maximum absolute atomic E-state index is 12.6. The Morgan fingerprint density at radius 1 is 1.04 bits per heavy atom. The van der Waals surface area contributed by atoms with E-state index in [1.807, 2.05) is 4.90 Å². The SMILES string of the molecule is COc1ccc(C(=O)N2CCN(c3ccc(C(F)(F)F)cn3)CC2)cc1. The monoisotopic (exact) mass is 365 g/mol. The first-order chi connectivity index (χ1) is 12.4. The van der Waals surface area contributed by atoms with Gasteiger partial charge in [0.1, 0.15) is 11.6 Å². The zero-order chi connectivity index (χ0) is 18.7. The Labute approximate surface area is 149 Å². The summed E-state index contributed by atoms with van der Waals surface area (Å²) < 4.78 is 42.9. The van der Waals surface area contributed by atoms with Gasteiger partial charge in [0.05, 0.1) is 12.7 Å². The average Bonchev–Trinajstić information content (AvgIpc) is 2.67. The minimum Gasteiger partial charge on any atom is -0.497 e. The number of alkyl halides is 3. The second kappa shape index (κ2) is 7.23. The van der Waals surface area contributed by atoms with Gasteiger partial charge >= 0.3 is 6.18 Å². The van der Waals surface area contributed by atoms with Crippen LogP contribution in [0.3, 0.4) is 0 Å². The quantitative estimate of drug-likeness (QED) is 0.839. The smallest absolute Gasteiger partial charge is 0.417 e. The van der Waals surface area contributed by atoms with Crippen molar-refractivity contribution in [2.75, 3.05) is 38.2 Å². The number of anilines is 1. The van der Waals surface area contributed by atoms with E-state index in [4.69, 9.17) is 4.74 Å². The molecule has 0 bridgehead atoms. The lowest BCUT2D eigenvalue weighted by Crippen LogP contribution is -2.49. The third-order valence-electron chi connectivity index (χ3n) is 4.30. The molecule has 1 aliphatic rings. The summed E-state index contributed by atoms with van der Waals surface area (Å²) in [7, 11) is 1.56. The van der Waals surface area contributed by atoms with Crippen molar-refractivity contribution in [2.24, 2.45) is 0 Å². The van der Waals surface area contributed by atoms with Gasteiger partial charge < -0.3 is 14.5 Å². The largest absolute Gasteiger partial charge is 0.497 e. The Hall–Kier alpha value is -2.77. The molecule has 1 fully saturated rings. The van der Waals surface area contributed by atoms with Gasteiger partial charge in [-0.2, -0.15) is 13.2 Å². The number of ether oxygens (including phenoxy) is 1. The highest BCUT2D eigenvalue weighted by Crippen LogP contribution is 2.29. The fourth-order valence-corrected chi connectivity index (χ4v) is 2.80. The summed E-state index contributed by atoms with van der Waals surface area (Å²) in [6.45, 7) is 1.99. The fourth-order valence-electron chi connectivity index (χ4n) is 2.80. The lowest BCUT2D eigenvalue weighted by atomic mass is 10.1. The van der Waals surface area contributed by atoms with Crippen molar-refractivity contribution in [1.82, 2.24) is 9.88 Å². The van der Waals surface area contributed by atoms with Crippen LogP contribution in [-0.4, -0.2) is 49.1 Å².